The molecule has 3 heteroatoms. The van der Waals surface area contributed by atoms with Gasteiger partial charge in [0, 0.05) is 0 Å². The maximum atomic E-state index is 14.5. The van der Waals surface area contributed by atoms with Crippen LogP contribution in [0.3, 0.4) is 0 Å². The van der Waals surface area contributed by atoms with E-state index in [2.05, 4.69) is 19.1 Å². The summed E-state index contributed by atoms with van der Waals surface area (Å²) in [5.41, 5.74) is 8.30. The zero-order valence-corrected chi connectivity index (χ0v) is 17.4. The zero-order valence-electron chi connectivity index (χ0n) is 17.4. The van der Waals surface area contributed by atoms with E-state index in [9.17, 15) is 9.50 Å². The summed E-state index contributed by atoms with van der Waals surface area (Å²) in [7, 11) is 0. The smallest absolute Gasteiger partial charge is 0.165 e. The first kappa shape index (κ1) is 20.8. The topological polar surface area (TPSA) is 29.5 Å². The lowest BCUT2D eigenvalue weighted by molar-refractivity contribution is 0.282. The predicted molar refractivity (Wildman–Crippen MR) is 118 cm³/mol. The van der Waals surface area contributed by atoms with Gasteiger partial charge in [0.05, 0.1) is 6.61 Å². The van der Waals surface area contributed by atoms with Crippen molar-refractivity contribution in [3.8, 4) is 28.0 Å². The van der Waals surface area contributed by atoms with E-state index in [1.807, 2.05) is 57.2 Å². The summed E-state index contributed by atoms with van der Waals surface area (Å²) in [5, 5.41) is 9.23. The van der Waals surface area contributed by atoms with Crippen molar-refractivity contribution in [1.29, 1.82) is 0 Å². The highest BCUT2D eigenvalue weighted by atomic mass is 19.1. The number of benzene rings is 3. The molecule has 3 aromatic rings. The molecule has 29 heavy (non-hydrogen) atoms. The van der Waals surface area contributed by atoms with Crippen LogP contribution in [0.15, 0.2) is 66.2 Å². The predicted octanol–water partition coefficient (Wildman–Crippen LogP) is 6.61. The Labute approximate surface area is 172 Å². The fourth-order valence-corrected chi connectivity index (χ4v) is 3.31. The van der Waals surface area contributed by atoms with Crippen molar-refractivity contribution in [1.82, 2.24) is 0 Å². The third kappa shape index (κ3) is 4.93. The molecule has 150 valence electrons. The average molecular weight is 390 g/mol. The Morgan fingerprint density at radius 1 is 0.897 bits per heavy atom. The highest BCUT2D eigenvalue weighted by molar-refractivity contribution is 5.76. The summed E-state index contributed by atoms with van der Waals surface area (Å²) in [4.78, 5) is 0. The molecule has 0 aromatic heterocycles. The fraction of sp³-hybridized carbons (Fsp3) is 0.231. The summed E-state index contributed by atoms with van der Waals surface area (Å²) in [6.07, 6.45) is 1.92. The number of ether oxygens (including phenoxy) is 1. The number of allylic oxidation sites excluding steroid dienone is 1. The Morgan fingerprint density at radius 3 is 2.03 bits per heavy atom. The van der Waals surface area contributed by atoms with Crippen molar-refractivity contribution in [3.63, 3.8) is 0 Å². The second kappa shape index (κ2) is 9.06. The number of aliphatic hydroxyl groups excluding tert-OH is 1. The Hall–Kier alpha value is -2.91. The van der Waals surface area contributed by atoms with Gasteiger partial charge in [0.25, 0.3) is 0 Å². The van der Waals surface area contributed by atoms with Crippen LogP contribution in [0.25, 0.3) is 22.3 Å². The lowest BCUT2D eigenvalue weighted by atomic mass is 9.91. The van der Waals surface area contributed by atoms with E-state index in [-0.39, 0.29) is 18.2 Å². The molecular formula is C26H27FO2. The van der Waals surface area contributed by atoms with Crippen molar-refractivity contribution in [3.05, 3.63) is 88.8 Å². The molecule has 0 bridgehead atoms. The maximum Gasteiger partial charge on any atom is 0.165 e. The van der Waals surface area contributed by atoms with Crippen LogP contribution in [-0.4, -0.2) is 11.7 Å². The van der Waals surface area contributed by atoms with Crippen LogP contribution in [0.5, 0.6) is 5.75 Å². The molecule has 3 aromatic carbocycles. The van der Waals surface area contributed by atoms with Gasteiger partial charge in [-0.2, -0.15) is 0 Å². The standard InChI is InChI=1S/C26H27FO2/c1-17(2)11-12-29-26-10-9-22(15-25(26)27)24-14-18(3)23(13-19(24)4)21-7-5-20(16-28)6-8-21/h5-11,13-15,28H,12,16H2,1-4H3. The van der Waals surface area contributed by atoms with Crippen molar-refractivity contribution in [2.24, 2.45) is 0 Å². The minimum absolute atomic E-state index is 0.0385. The van der Waals surface area contributed by atoms with E-state index >= 15 is 0 Å². The SMILES string of the molecule is CC(C)=CCOc1ccc(-c2cc(C)c(-c3ccc(CO)cc3)cc2C)cc1F. The molecular weight excluding hydrogens is 363 g/mol. The van der Waals surface area contributed by atoms with Crippen LogP contribution in [0.4, 0.5) is 4.39 Å². The van der Waals surface area contributed by atoms with Crippen LogP contribution in [0.1, 0.15) is 30.5 Å². The van der Waals surface area contributed by atoms with E-state index in [4.69, 9.17) is 4.74 Å². The highest BCUT2D eigenvalue weighted by Gasteiger charge is 2.11. The Kier molecular flexibility index (Phi) is 6.50. The summed E-state index contributed by atoms with van der Waals surface area (Å²) in [6.45, 7) is 8.47. The van der Waals surface area contributed by atoms with Gasteiger partial charge in [-0.05, 0) is 84.8 Å². The first-order valence-corrected chi connectivity index (χ1v) is 9.76. The highest BCUT2D eigenvalue weighted by Crippen LogP contribution is 2.33. The molecule has 0 spiro atoms. The molecule has 0 aliphatic heterocycles. The summed E-state index contributed by atoms with van der Waals surface area (Å²) in [5.74, 6) is -0.0911. The zero-order chi connectivity index (χ0) is 21.0. The van der Waals surface area contributed by atoms with Gasteiger partial charge in [-0.25, -0.2) is 4.39 Å². The van der Waals surface area contributed by atoms with E-state index < -0.39 is 0 Å². The lowest BCUT2D eigenvalue weighted by Gasteiger charge is -2.14. The number of halogens is 1. The number of hydrogen-bond acceptors (Lipinski definition) is 2. The Balaban J connectivity index is 1.90. The van der Waals surface area contributed by atoms with Gasteiger partial charge in [0.1, 0.15) is 6.61 Å². The van der Waals surface area contributed by atoms with Crippen molar-refractivity contribution in [2.75, 3.05) is 6.61 Å². The Bertz CT molecular complexity index is 1030. The molecule has 0 saturated carbocycles. The molecule has 0 saturated heterocycles. The summed E-state index contributed by atoms with van der Waals surface area (Å²) < 4.78 is 20.1. The van der Waals surface area contributed by atoms with Gasteiger partial charge in [0.2, 0.25) is 0 Å². The quantitative estimate of drug-likeness (QED) is 0.480. The minimum Gasteiger partial charge on any atom is -0.486 e. The molecule has 0 amide bonds. The van der Waals surface area contributed by atoms with Crippen LogP contribution in [0, 0.1) is 19.7 Å². The molecule has 0 unspecified atom stereocenters. The van der Waals surface area contributed by atoms with Gasteiger partial charge in [-0.15, -0.1) is 0 Å². The first-order valence-electron chi connectivity index (χ1n) is 9.76. The largest absolute Gasteiger partial charge is 0.486 e. The number of aryl methyl sites for hydroxylation is 2. The second-order valence-corrected chi connectivity index (χ2v) is 7.57. The van der Waals surface area contributed by atoms with E-state index in [0.717, 1.165) is 44.5 Å². The molecule has 0 aliphatic carbocycles. The molecule has 0 fully saturated rings. The van der Waals surface area contributed by atoms with Gasteiger partial charge in [-0.3, -0.25) is 0 Å². The van der Waals surface area contributed by atoms with Crippen LogP contribution >= 0.6 is 0 Å². The van der Waals surface area contributed by atoms with E-state index in [0.29, 0.717) is 6.61 Å². The molecule has 0 atom stereocenters. The fourth-order valence-electron chi connectivity index (χ4n) is 3.31. The van der Waals surface area contributed by atoms with Gasteiger partial charge < -0.3 is 9.84 Å². The van der Waals surface area contributed by atoms with E-state index in [1.54, 1.807) is 6.07 Å². The maximum absolute atomic E-state index is 14.5. The van der Waals surface area contributed by atoms with Crippen LogP contribution < -0.4 is 4.74 Å². The number of aliphatic hydroxyl groups is 1. The van der Waals surface area contributed by atoms with Gasteiger partial charge in [0.15, 0.2) is 11.6 Å². The summed E-state index contributed by atoms with van der Waals surface area (Å²) in [6, 6.07) is 17.3. The molecule has 0 aliphatic rings. The molecule has 1 N–H and O–H groups in total. The van der Waals surface area contributed by atoms with Crippen LogP contribution in [0.2, 0.25) is 0 Å². The van der Waals surface area contributed by atoms with Crippen molar-refractivity contribution in [2.45, 2.75) is 34.3 Å². The molecule has 3 rings (SSSR count). The average Bonchev–Trinajstić information content (AvgIpc) is 2.70. The third-order valence-corrected chi connectivity index (χ3v) is 4.99. The van der Waals surface area contributed by atoms with E-state index in [1.165, 1.54) is 6.07 Å². The Morgan fingerprint density at radius 2 is 1.48 bits per heavy atom. The normalized spacial score (nSPS) is 10.7. The van der Waals surface area contributed by atoms with Crippen molar-refractivity contribution < 1.29 is 14.2 Å². The number of hydrogen-bond donors (Lipinski definition) is 1. The van der Waals surface area contributed by atoms with Crippen molar-refractivity contribution >= 4 is 0 Å². The first-order chi connectivity index (χ1) is 13.9. The van der Waals surface area contributed by atoms with Gasteiger partial charge >= 0.3 is 0 Å². The number of rotatable bonds is 6. The summed E-state index contributed by atoms with van der Waals surface area (Å²) >= 11 is 0. The molecule has 0 heterocycles. The van der Waals surface area contributed by atoms with Gasteiger partial charge in [-0.1, -0.05) is 48.0 Å². The van der Waals surface area contributed by atoms with Crippen LogP contribution in [-0.2, 0) is 6.61 Å². The third-order valence-electron chi connectivity index (χ3n) is 4.99. The molecule has 2 nitrogen and oxygen atoms in total. The monoisotopic (exact) mass is 390 g/mol. The minimum atomic E-state index is -0.356. The second-order valence-electron chi connectivity index (χ2n) is 7.57. The molecule has 0 radical (unpaired) electrons. The lowest BCUT2D eigenvalue weighted by Crippen LogP contribution is -1.97.